The van der Waals surface area contributed by atoms with Gasteiger partial charge in [0.2, 0.25) is 0 Å². The van der Waals surface area contributed by atoms with E-state index in [1.54, 1.807) is 19.1 Å². The number of hydrogen-bond acceptors (Lipinski definition) is 3. The fourth-order valence-electron chi connectivity index (χ4n) is 0.900. The average molecular weight is 212 g/mol. The zero-order valence-electron chi connectivity index (χ0n) is 9.64. The van der Waals surface area contributed by atoms with Crippen molar-refractivity contribution < 1.29 is 14.6 Å². The summed E-state index contributed by atoms with van der Waals surface area (Å²) in [6.45, 7) is 7.24. The maximum Gasteiger partial charge on any atom is 0.194 e. The molecule has 0 amide bonds. The van der Waals surface area contributed by atoms with Crippen LogP contribution in [0.25, 0.3) is 0 Å². The minimum absolute atomic E-state index is 0.692. The van der Waals surface area contributed by atoms with Crippen LogP contribution in [-0.4, -0.2) is 24.6 Å². The van der Waals surface area contributed by atoms with Gasteiger partial charge in [0.25, 0.3) is 0 Å². The molecule has 0 bridgehead atoms. The molecule has 1 aromatic rings. The Morgan fingerprint density at radius 2 is 1.67 bits per heavy atom. The van der Waals surface area contributed by atoms with Gasteiger partial charge in [-0.15, -0.1) is 0 Å². The molecule has 0 aliphatic rings. The van der Waals surface area contributed by atoms with E-state index in [1.165, 1.54) is 0 Å². The van der Waals surface area contributed by atoms with Gasteiger partial charge in [-0.05, 0) is 32.9 Å². The summed E-state index contributed by atoms with van der Waals surface area (Å²) in [6, 6.07) is 9.21. The molecule has 1 aromatic carbocycles. The number of aliphatic hydroxyl groups is 1. The van der Waals surface area contributed by atoms with E-state index in [1.807, 2.05) is 32.0 Å². The Balaban J connectivity index is 0.000000336. The lowest BCUT2D eigenvalue weighted by atomic mass is 10.3. The molecular weight excluding hydrogens is 192 g/mol. The standard InChI is InChI=1S/C8H10O2.C4H10O/c1-7(9)10-8-5-3-2-4-6-8;1-3-5-4-2/h2-7,9H,1H3;3-4H2,1-2H3. The minimum atomic E-state index is -0.734. The molecule has 1 atom stereocenters. The second-order valence-electron chi connectivity index (χ2n) is 2.81. The van der Waals surface area contributed by atoms with Crippen LogP contribution in [0.1, 0.15) is 20.8 Å². The molecule has 0 fully saturated rings. The highest BCUT2D eigenvalue weighted by molar-refractivity contribution is 5.20. The van der Waals surface area contributed by atoms with Crippen molar-refractivity contribution in [3.8, 4) is 5.75 Å². The maximum atomic E-state index is 8.78. The maximum absolute atomic E-state index is 8.78. The minimum Gasteiger partial charge on any atom is -0.465 e. The summed E-state index contributed by atoms with van der Waals surface area (Å²) in [5.41, 5.74) is 0. The highest BCUT2D eigenvalue weighted by Gasteiger charge is 1.94. The fraction of sp³-hybridized carbons (Fsp3) is 0.500. The van der Waals surface area contributed by atoms with Gasteiger partial charge in [-0.1, -0.05) is 18.2 Å². The molecule has 86 valence electrons. The molecule has 3 nitrogen and oxygen atoms in total. The second kappa shape index (κ2) is 9.49. The van der Waals surface area contributed by atoms with Crippen LogP contribution in [0.5, 0.6) is 5.75 Å². The normalized spacial score (nSPS) is 11.2. The van der Waals surface area contributed by atoms with Crippen molar-refractivity contribution in [1.82, 2.24) is 0 Å². The lowest BCUT2D eigenvalue weighted by Crippen LogP contribution is -2.08. The molecule has 1 unspecified atom stereocenters. The number of ether oxygens (including phenoxy) is 2. The molecule has 3 heteroatoms. The Morgan fingerprint density at radius 1 is 1.13 bits per heavy atom. The van der Waals surface area contributed by atoms with Gasteiger partial charge in [-0.25, -0.2) is 0 Å². The summed E-state index contributed by atoms with van der Waals surface area (Å²) in [5.74, 6) is 0.692. The van der Waals surface area contributed by atoms with E-state index < -0.39 is 6.29 Å². The number of para-hydroxylation sites is 1. The topological polar surface area (TPSA) is 38.7 Å². The molecule has 1 N–H and O–H groups in total. The molecule has 0 radical (unpaired) electrons. The molecule has 0 heterocycles. The largest absolute Gasteiger partial charge is 0.465 e. The lowest BCUT2D eigenvalue weighted by molar-refractivity contribution is -0.000287. The molecule has 0 aliphatic carbocycles. The van der Waals surface area contributed by atoms with Crippen molar-refractivity contribution in [2.75, 3.05) is 13.2 Å². The van der Waals surface area contributed by atoms with Crippen LogP contribution >= 0.6 is 0 Å². The Labute approximate surface area is 91.6 Å². The van der Waals surface area contributed by atoms with E-state index in [4.69, 9.17) is 14.6 Å². The summed E-state index contributed by atoms with van der Waals surface area (Å²) < 4.78 is 9.80. The quantitative estimate of drug-likeness (QED) is 0.779. The van der Waals surface area contributed by atoms with Crippen LogP contribution in [0.2, 0.25) is 0 Å². The van der Waals surface area contributed by atoms with Crippen LogP contribution in [0.4, 0.5) is 0 Å². The third kappa shape index (κ3) is 9.25. The molecule has 1 rings (SSSR count). The van der Waals surface area contributed by atoms with Crippen molar-refractivity contribution in [1.29, 1.82) is 0 Å². The van der Waals surface area contributed by atoms with Gasteiger partial charge in [0.1, 0.15) is 5.75 Å². The van der Waals surface area contributed by atoms with Crippen LogP contribution in [0, 0.1) is 0 Å². The number of rotatable bonds is 4. The second-order valence-corrected chi connectivity index (χ2v) is 2.81. The fourth-order valence-corrected chi connectivity index (χ4v) is 0.900. The highest BCUT2D eigenvalue weighted by Crippen LogP contribution is 2.09. The first-order chi connectivity index (χ1) is 7.20. The van der Waals surface area contributed by atoms with E-state index in [0.717, 1.165) is 13.2 Å². The highest BCUT2D eigenvalue weighted by atomic mass is 16.6. The molecule has 0 spiro atoms. The zero-order chi connectivity index (χ0) is 11.5. The summed E-state index contributed by atoms with van der Waals surface area (Å²) in [4.78, 5) is 0. The predicted molar refractivity (Wildman–Crippen MR) is 60.9 cm³/mol. The van der Waals surface area contributed by atoms with E-state index in [-0.39, 0.29) is 0 Å². The Bertz CT molecular complexity index is 220. The van der Waals surface area contributed by atoms with Gasteiger partial charge in [-0.2, -0.15) is 0 Å². The SMILES string of the molecule is CC(O)Oc1ccccc1.CCOCC. The van der Waals surface area contributed by atoms with E-state index in [9.17, 15) is 0 Å². The van der Waals surface area contributed by atoms with Gasteiger partial charge >= 0.3 is 0 Å². The molecular formula is C12H20O3. The van der Waals surface area contributed by atoms with Crippen molar-refractivity contribution >= 4 is 0 Å². The zero-order valence-corrected chi connectivity index (χ0v) is 9.64. The van der Waals surface area contributed by atoms with E-state index in [0.29, 0.717) is 5.75 Å². The third-order valence-corrected chi connectivity index (χ3v) is 1.46. The summed E-state index contributed by atoms with van der Waals surface area (Å²) in [7, 11) is 0. The average Bonchev–Trinajstić information content (AvgIpc) is 2.20. The summed E-state index contributed by atoms with van der Waals surface area (Å²) >= 11 is 0. The number of aliphatic hydroxyl groups excluding tert-OH is 1. The Morgan fingerprint density at radius 3 is 2.00 bits per heavy atom. The molecule has 0 saturated heterocycles. The summed E-state index contributed by atoms with van der Waals surface area (Å²) in [6.07, 6.45) is -0.734. The van der Waals surface area contributed by atoms with Crippen molar-refractivity contribution in [2.45, 2.75) is 27.1 Å². The monoisotopic (exact) mass is 212 g/mol. The van der Waals surface area contributed by atoms with Gasteiger partial charge in [0.15, 0.2) is 6.29 Å². The molecule has 0 aromatic heterocycles. The van der Waals surface area contributed by atoms with E-state index >= 15 is 0 Å². The van der Waals surface area contributed by atoms with Crippen LogP contribution in [0.3, 0.4) is 0 Å². The van der Waals surface area contributed by atoms with Crippen LogP contribution < -0.4 is 4.74 Å². The van der Waals surface area contributed by atoms with E-state index in [2.05, 4.69) is 0 Å². The first kappa shape index (κ1) is 13.9. The predicted octanol–water partition coefficient (Wildman–Crippen LogP) is 2.45. The first-order valence-corrected chi connectivity index (χ1v) is 5.18. The van der Waals surface area contributed by atoms with Gasteiger partial charge in [0, 0.05) is 13.2 Å². The first-order valence-electron chi connectivity index (χ1n) is 5.18. The third-order valence-electron chi connectivity index (χ3n) is 1.46. The van der Waals surface area contributed by atoms with Gasteiger partial charge in [-0.3, -0.25) is 0 Å². The molecule has 0 aliphatic heterocycles. The Hall–Kier alpha value is -1.06. The van der Waals surface area contributed by atoms with Crippen molar-refractivity contribution in [3.05, 3.63) is 30.3 Å². The summed E-state index contributed by atoms with van der Waals surface area (Å²) in [5, 5.41) is 8.78. The number of benzene rings is 1. The molecule has 0 saturated carbocycles. The van der Waals surface area contributed by atoms with Gasteiger partial charge < -0.3 is 14.6 Å². The number of hydrogen-bond donors (Lipinski definition) is 1. The smallest absolute Gasteiger partial charge is 0.194 e. The van der Waals surface area contributed by atoms with Gasteiger partial charge in [0.05, 0.1) is 0 Å². The van der Waals surface area contributed by atoms with Crippen LogP contribution in [0.15, 0.2) is 30.3 Å². The lowest BCUT2D eigenvalue weighted by Gasteiger charge is -2.06. The van der Waals surface area contributed by atoms with Crippen LogP contribution in [-0.2, 0) is 4.74 Å². The van der Waals surface area contributed by atoms with Crippen molar-refractivity contribution in [2.24, 2.45) is 0 Å². The van der Waals surface area contributed by atoms with Crippen molar-refractivity contribution in [3.63, 3.8) is 0 Å². The molecule has 15 heavy (non-hydrogen) atoms. The Kier molecular flexibility index (Phi) is 8.82.